The Morgan fingerprint density at radius 2 is 1.11 bits per heavy atom. The molecule has 282 valence electrons. The molecule has 0 aliphatic carbocycles. The number of oxime groups is 2. The van der Waals surface area contributed by atoms with Gasteiger partial charge in [-0.3, -0.25) is 0 Å². The minimum Gasteiger partial charge on any atom is -0.512 e. The van der Waals surface area contributed by atoms with Gasteiger partial charge in [0.25, 0.3) is 0 Å². The molecule has 4 aromatic rings. The van der Waals surface area contributed by atoms with Gasteiger partial charge in [0, 0.05) is 59.7 Å². The summed E-state index contributed by atoms with van der Waals surface area (Å²) in [5.74, 6) is -0.961. The van der Waals surface area contributed by atoms with Gasteiger partial charge in [-0.15, -0.1) is 0 Å². The molecule has 0 spiro atoms. The standard InChI is InChI=1S/C19H14Cl2N2O3.C18H14BrCl2NO3.CN.Cu/c1-19(13-6-14(20)8-15(21)7-13)9-17(23-26-19)11-3-4-16(18(24)25-2)12(5-11)10-22;1-18(11-6-12(20)8-13(21)7-11)9-16(22-25-18)10-3-4-14(15(19)5-10)17(23)24-2;1-2;/h3-8H,9H2,1-2H3;3-8H,9H2,1-2H3;;/q;;-1;+1. The number of hydrogen-bond donors (Lipinski definition) is 0. The zero-order valence-electron chi connectivity index (χ0n) is 28.8. The van der Waals surface area contributed by atoms with Crippen LogP contribution in [-0.2, 0) is 47.4 Å². The van der Waals surface area contributed by atoms with Crippen LogP contribution in [0.15, 0.2) is 87.6 Å². The predicted octanol–water partition coefficient (Wildman–Crippen LogP) is 10.4. The number of halogens is 5. The fraction of sp³-hybridized carbons (Fsp3) is 0.211. The molecule has 0 saturated heterocycles. The number of esters is 2. The van der Waals surface area contributed by atoms with Gasteiger partial charge in [-0.25, -0.2) is 9.59 Å². The summed E-state index contributed by atoms with van der Waals surface area (Å²) in [5.41, 5.74) is 4.16. The molecule has 2 atom stereocenters. The van der Waals surface area contributed by atoms with Gasteiger partial charge in [0.05, 0.1) is 42.3 Å². The third-order valence-electron chi connectivity index (χ3n) is 8.26. The van der Waals surface area contributed by atoms with Crippen molar-refractivity contribution in [2.24, 2.45) is 10.3 Å². The van der Waals surface area contributed by atoms with Crippen LogP contribution >= 0.6 is 62.3 Å². The summed E-state index contributed by atoms with van der Waals surface area (Å²) in [7, 11) is 2.62. The molecular weight excluding hydrogens is 894 g/mol. The van der Waals surface area contributed by atoms with E-state index in [0.717, 1.165) is 22.4 Å². The minimum atomic E-state index is -0.725. The van der Waals surface area contributed by atoms with Crippen molar-refractivity contribution in [1.82, 2.24) is 0 Å². The van der Waals surface area contributed by atoms with Crippen molar-refractivity contribution in [3.63, 3.8) is 0 Å². The first-order valence-electron chi connectivity index (χ1n) is 15.4. The van der Waals surface area contributed by atoms with Crippen LogP contribution in [0.3, 0.4) is 0 Å². The number of nitrogens with zero attached hydrogens (tertiary/aromatic N) is 4. The number of rotatable bonds is 6. The van der Waals surface area contributed by atoms with Crippen molar-refractivity contribution in [3.05, 3.63) is 143 Å². The third-order valence-corrected chi connectivity index (χ3v) is 9.79. The molecule has 0 amide bonds. The largest absolute Gasteiger partial charge is 1.00 e. The number of carbonyl (C=O) groups is 2. The van der Waals surface area contributed by atoms with Crippen LogP contribution in [0.1, 0.15) is 75.2 Å². The van der Waals surface area contributed by atoms with Gasteiger partial charge >= 0.3 is 29.0 Å². The van der Waals surface area contributed by atoms with Gasteiger partial charge in [-0.05, 0) is 90.4 Å². The molecule has 2 aliphatic rings. The van der Waals surface area contributed by atoms with E-state index in [-0.39, 0.29) is 28.2 Å². The summed E-state index contributed by atoms with van der Waals surface area (Å²) in [6.45, 7) is 8.57. The first-order valence-corrected chi connectivity index (χ1v) is 17.7. The zero-order valence-corrected chi connectivity index (χ0v) is 34.3. The van der Waals surface area contributed by atoms with E-state index in [1.807, 2.05) is 44.2 Å². The number of methoxy groups -OCH3 is 2. The summed E-state index contributed by atoms with van der Waals surface area (Å²) in [6.07, 6.45) is 1.01. The Bertz CT molecular complexity index is 2170. The van der Waals surface area contributed by atoms with Crippen LogP contribution in [0.4, 0.5) is 0 Å². The van der Waals surface area contributed by atoms with Crippen LogP contribution in [0.2, 0.25) is 20.1 Å². The maximum absolute atomic E-state index is 11.7. The van der Waals surface area contributed by atoms with E-state index in [9.17, 15) is 14.9 Å². The quantitative estimate of drug-likeness (QED) is 0.106. The van der Waals surface area contributed by atoms with Crippen LogP contribution in [0.25, 0.3) is 0 Å². The van der Waals surface area contributed by atoms with E-state index in [0.29, 0.717) is 54.2 Å². The Kier molecular flexibility index (Phi) is 15.6. The maximum Gasteiger partial charge on any atom is 1.00 e. The van der Waals surface area contributed by atoms with Crippen LogP contribution in [0, 0.1) is 23.2 Å². The van der Waals surface area contributed by atoms with Crippen molar-refractivity contribution < 1.29 is 45.8 Å². The molecule has 4 aromatic carbocycles. The molecular formula is C38H28BrCl4CuN4O6. The predicted molar refractivity (Wildman–Crippen MR) is 205 cm³/mol. The second kappa shape index (κ2) is 19.0. The van der Waals surface area contributed by atoms with E-state index in [2.05, 4.69) is 31.0 Å². The third kappa shape index (κ3) is 10.1. The Morgan fingerprint density at radius 3 is 1.50 bits per heavy atom. The molecule has 0 N–H and O–H groups in total. The fourth-order valence-corrected chi connectivity index (χ4v) is 7.08. The molecule has 10 nitrogen and oxygen atoms in total. The average molecular weight is 922 g/mol. The smallest absolute Gasteiger partial charge is 0.512 e. The van der Waals surface area contributed by atoms with E-state index < -0.39 is 23.1 Å². The first kappa shape index (κ1) is 44.3. The molecule has 0 aromatic heterocycles. The van der Waals surface area contributed by atoms with Crippen molar-refractivity contribution in [1.29, 1.82) is 10.5 Å². The summed E-state index contributed by atoms with van der Waals surface area (Å²) in [4.78, 5) is 34.8. The molecule has 0 bridgehead atoms. The molecule has 16 heteroatoms. The molecule has 0 saturated carbocycles. The van der Waals surface area contributed by atoms with Crippen molar-refractivity contribution in [3.8, 4) is 6.07 Å². The normalized spacial score (nSPS) is 18.0. The second-order valence-electron chi connectivity index (χ2n) is 11.9. The Labute approximate surface area is 351 Å². The number of benzene rings is 4. The van der Waals surface area contributed by atoms with Gasteiger partial charge in [0.1, 0.15) is 6.07 Å². The Morgan fingerprint density at radius 1 is 0.722 bits per heavy atom. The van der Waals surface area contributed by atoms with Gasteiger partial charge in [0.2, 0.25) is 0 Å². The van der Waals surface area contributed by atoms with E-state index in [4.69, 9.17) is 72.6 Å². The molecule has 54 heavy (non-hydrogen) atoms. The van der Waals surface area contributed by atoms with Gasteiger partial charge < -0.3 is 31.0 Å². The van der Waals surface area contributed by atoms with Crippen molar-refractivity contribution >= 4 is 85.7 Å². The van der Waals surface area contributed by atoms with Crippen LogP contribution in [0.5, 0.6) is 0 Å². The molecule has 6 rings (SSSR count). The van der Waals surface area contributed by atoms with Crippen LogP contribution < -0.4 is 0 Å². The summed E-state index contributed by atoms with van der Waals surface area (Å²) in [6, 6.07) is 22.7. The average Bonchev–Trinajstić information content (AvgIpc) is 3.75. The topological polar surface area (TPSA) is 143 Å². The van der Waals surface area contributed by atoms with Gasteiger partial charge in [0.15, 0.2) is 11.2 Å². The van der Waals surface area contributed by atoms with Crippen molar-refractivity contribution in [2.45, 2.75) is 37.9 Å². The molecule has 0 radical (unpaired) electrons. The zero-order chi connectivity index (χ0) is 39.1. The second-order valence-corrected chi connectivity index (χ2v) is 14.5. The van der Waals surface area contributed by atoms with Crippen LogP contribution in [-0.4, -0.2) is 37.6 Å². The summed E-state index contributed by atoms with van der Waals surface area (Å²) < 4.78 is 10.1. The van der Waals surface area contributed by atoms with Crippen molar-refractivity contribution in [2.75, 3.05) is 14.2 Å². The monoisotopic (exact) mass is 918 g/mol. The SMILES string of the molecule is COC(=O)c1ccc(C2=NOC(C)(c3cc(Cl)cc(Cl)c3)C2)cc1Br.COC(=O)c1ccc(C2=NOC(C)(c3cc(Cl)cc(Cl)c3)C2)cc1C#N.[C-]#N.[Cu+]. The molecule has 2 heterocycles. The Hall–Kier alpha value is -4.10. The number of nitriles is 1. The number of ether oxygens (including phenoxy) is 2. The summed E-state index contributed by atoms with van der Waals surface area (Å²) in [5, 5.41) is 26.1. The van der Waals surface area contributed by atoms with Gasteiger partial charge in [-0.2, -0.15) is 5.26 Å². The first-order chi connectivity index (χ1) is 25.2. The summed E-state index contributed by atoms with van der Waals surface area (Å²) >= 11 is 27.8. The maximum atomic E-state index is 11.7. The molecule has 2 unspecified atom stereocenters. The number of hydrogen-bond acceptors (Lipinski definition) is 10. The fourth-order valence-electron chi connectivity index (χ4n) is 5.49. The minimum absolute atomic E-state index is 0. The number of carbonyl (C=O) groups excluding carboxylic acids is 2. The van der Waals surface area contributed by atoms with E-state index in [1.54, 1.807) is 48.5 Å². The molecule has 2 aliphatic heterocycles. The van der Waals surface area contributed by atoms with E-state index in [1.165, 1.54) is 14.2 Å². The molecule has 0 fully saturated rings. The Balaban J connectivity index is 0.000000273. The van der Waals surface area contributed by atoms with E-state index >= 15 is 0 Å². The van der Waals surface area contributed by atoms with Gasteiger partial charge in [-0.1, -0.05) is 68.8 Å².